The summed E-state index contributed by atoms with van der Waals surface area (Å²) in [6.07, 6.45) is 7.56. The van der Waals surface area contributed by atoms with E-state index in [2.05, 4.69) is 4.98 Å². The Hall–Kier alpha value is -3.19. The fraction of sp³-hybridized carbons (Fsp3) is 0.190. The first-order valence-electron chi connectivity index (χ1n) is 8.62. The quantitative estimate of drug-likeness (QED) is 0.521. The maximum absolute atomic E-state index is 12.6. The molecule has 5 nitrogen and oxygen atoms in total. The minimum absolute atomic E-state index is 0.184. The summed E-state index contributed by atoms with van der Waals surface area (Å²) in [5.74, 6) is -0.378. The Kier molecular flexibility index (Phi) is 11.4. The summed E-state index contributed by atoms with van der Waals surface area (Å²) in [5.41, 5.74) is 7.53. The summed E-state index contributed by atoms with van der Waals surface area (Å²) in [7, 11) is 0. The molecular weight excluding hydrogens is 364 g/mol. The first-order valence-corrected chi connectivity index (χ1v) is 8.62. The molecule has 0 aliphatic rings. The molecule has 3 aromatic rings. The third-order valence-corrected chi connectivity index (χ3v) is 3.53. The fourth-order valence-electron chi connectivity index (χ4n) is 2.15. The Morgan fingerprint density at radius 3 is 1.75 bits per heavy atom. The minimum atomic E-state index is -0.194. The molecule has 148 valence electrons. The smallest absolute Gasteiger partial charge is 0.182 e. The Balaban J connectivity index is 0.000000245. The summed E-state index contributed by atoms with van der Waals surface area (Å²) in [5, 5.41) is 0. The molecule has 7 heteroatoms. The molecule has 3 rings (SSSR count). The van der Waals surface area contributed by atoms with Gasteiger partial charge in [-0.15, -0.1) is 0 Å². The molecule has 2 aromatic carbocycles. The third kappa shape index (κ3) is 10.1. The number of imidazole rings is 1. The molecule has 0 unspecified atom stereocenters. The van der Waals surface area contributed by atoms with Gasteiger partial charge in [-0.2, -0.15) is 0 Å². The van der Waals surface area contributed by atoms with Crippen LogP contribution in [0.3, 0.4) is 0 Å². The Morgan fingerprint density at radius 2 is 1.36 bits per heavy atom. The lowest BCUT2D eigenvalue weighted by molar-refractivity contribution is -0.122. The van der Waals surface area contributed by atoms with E-state index in [0.717, 1.165) is 30.5 Å². The van der Waals surface area contributed by atoms with Crippen LogP contribution in [0.25, 0.3) is 0 Å². The summed E-state index contributed by atoms with van der Waals surface area (Å²) in [6.45, 7) is 1.50. The predicted molar refractivity (Wildman–Crippen MR) is 104 cm³/mol. The van der Waals surface area contributed by atoms with Gasteiger partial charge in [0.1, 0.15) is 11.6 Å². The number of benzene rings is 2. The number of hydrogen-bond donors (Lipinski definition) is 1. The molecule has 0 saturated carbocycles. The molecule has 0 spiro atoms. The van der Waals surface area contributed by atoms with Crippen molar-refractivity contribution in [3.8, 4) is 0 Å². The maximum atomic E-state index is 12.6. The van der Waals surface area contributed by atoms with Crippen LogP contribution in [0.2, 0.25) is 0 Å². The highest BCUT2D eigenvalue weighted by molar-refractivity contribution is 6.09. The van der Waals surface area contributed by atoms with E-state index in [9.17, 15) is 8.78 Å². The number of rotatable bonds is 6. The van der Waals surface area contributed by atoms with Gasteiger partial charge >= 0.3 is 0 Å². The van der Waals surface area contributed by atoms with Crippen LogP contribution in [0, 0.1) is 11.6 Å². The number of nitrogens with zero attached hydrogens (tertiary/aromatic N) is 2. The van der Waals surface area contributed by atoms with Crippen LogP contribution in [0.5, 0.6) is 0 Å². The second-order valence-corrected chi connectivity index (χ2v) is 5.61. The summed E-state index contributed by atoms with van der Waals surface area (Å²) >= 11 is 0. The topological polar surface area (TPSA) is 78.0 Å². The Labute approximate surface area is 162 Å². The monoisotopic (exact) mass is 387 g/mol. The van der Waals surface area contributed by atoms with Gasteiger partial charge in [0.15, 0.2) is 12.6 Å². The standard InChI is InChI=1S/C11H11FN2.C8H10FN.C2H2O2/c12-11-3-1-10(2-4-11)5-7-14-8-6-13-9-14;9-8-3-1-7(2-4-8)5-6-10;3-1-2-4/h1-4,6,8-9H,5,7H2;1-4H,5-6,10H2;1-2H. The van der Waals surface area contributed by atoms with Crippen LogP contribution < -0.4 is 5.73 Å². The fourth-order valence-corrected chi connectivity index (χ4v) is 2.15. The van der Waals surface area contributed by atoms with Crippen molar-refractivity contribution in [1.29, 1.82) is 0 Å². The van der Waals surface area contributed by atoms with Crippen LogP contribution in [-0.2, 0) is 29.0 Å². The zero-order chi connectivity index (χ0) is 20.6. The van der Waals surface area contributed by atoms with E-state index in [1.54, 1.807) is 24.7 Å². The van der Waals surface area contributed by atoms with E-state index in [1.807, 2.05) is 22.9 Å². The maximum Gasteiger partial charge on any atom is 0.182 e. The van der Waals surface area contributed by atoms with Crippen molar-refractivity contribution in [2.75, 3.05) is 6.54 Å². The molecule has 0 aliphatic heterocycles. The normalized spacial score (nSPS) is 9.39. The SMILES string of the molecule is Fc1ccc(CCn2ccnc2)cc1.NCCc1ccc(F)cc1.O=CC=O. The Bertz CT molecular complexity index is 784. The van der Waals surface area contributed by atoms with Crippen LogP contribution in [0.1, 0.15) is 11.1 Å². The lowest BCUT2D eigenvalue weighted by Gasteiger charge is -2.01. The zero-order valence-electron chi connectivity index (χ0n) is 15.4. The van der Waals surface area contributed by atoms with Gasteiger partial charge in [0.25, 0.3) is 0 Å². The van der Waals surface area contributed by atoms with Gasteiger partial charge in [-0.25, -0.2) is 13.8 Å². The van der Waals surface area contributed by atoms with Crippen LogP contribution in [0.4, 0.5) is 8.78 Å². The number of aldehydes is 2. The van der Waals surface area contributed by atoms with E-state index >= 15 is 0 Å². The van der Waals surface area contributed by atoms with Crippen molar-refractivity contribution in [2.45, 2.75) is 19.4 Å². The number of carbonyl (C=O) groups excluding carboxylic acids is 2. The highest BCUT2D eigenvalue weighted by Gasteiger charge is 1.95. The molecular formula is C21H23F2N3O2. The summed E-state index contributed by atoms with van der Waals surface area (Å²) in [6, 6.07) is 13.0. The van der Waals surface area contributed by atoms with Gasteiger partial charge in [-0.05, 0) is 54.8 Å². The van der Waals surface area contributed by atoms with Crippen LogP contribution in [-0.4, -0.2) is 28.7 Å². The molecule has 0 bridgehead atoms. The van der Waals surface area contributed by atoms with Crippen molar-refractivity contribution in [3.63, 3.8) is 0 Å². The predicted octanol–water partition coefficient (Wildman–Crippen LogP) is 2.98. The molecule has 0 aliphatic carbocycles. The van der Waals surface area contributed by atoms with Crippen molar-refractivity contribution >= 4 is 12.6 Å². The first kappa shape index (κ1) is 22.9. The number of aromatic nitrogens is 2. The second-order valence-electron chi connectivity index (χ2n) is 5.61. The summed E-state index contributed by atoms with van der Waals surface area (Å²) in [4.78, 5) is 21.6. The molecule has 0 amide bonds. The molecule has 0 saturated heterocycles. The van der Waals surface area contributed by atoms with E-state index in [1.165, 1.54) is 24.3 Å². The molecule has 0 radical (unpaired) electrons. The summed E-state index contributed by atoms with van der Waals surface area (Å²) < 4.78 is 26.9. The van der Waals surface area contributed by atoms with Gasteiger partial charge < -0.3 is 10.3 Å². The molecule has 0 fully saturated rings. The first-order chi connectivity index (χ1) is 13.6. The average molecular weight is 387 g/mol. The number of hydrogen-bond acceptors (Lipinski definition) is 4. The van der Waals surface area contributed by atoms with Crippen LogP contribution in [0.15, 0.2) is 67.3 Å². The van der Waals surface area contributed by atoms with E-state index in [0.29, 0.717) is 6.54 Å². The van der Waals surface area contributed by atoms with Crippen molar-refractivity contribution < 1.29 is 18.4 Å². The second kappa shape index (κ2) is 13.9. The van der Waals surface area contributed by atoms with Gasteiger partial charge in [0.2, 0.25) is 0 Å². The molecule has 1 aromatic heterocycles. The molecule has 28 heavy (non-hydrogen) atoms. The van der Waals surface area contributed by atoms with E-state index in [4.69, 9.17) is 15.3 Å². The number of halogens is 2. The van der Waals surface area contributed by atoms with E-state index in [-0.39, 0.29) is 24.2 Å². The van der Waals surface area contributed by atoms with Crippen molar-refractivity contribution in [1.82, 2.24) is 9.55 Å². The Morgan fingerprint density at radius 1 is 0.857 bits per heavy atom. The third-order valence-electron chi connectivity index (χ3n) is 3.53. The largest absolute Gasteiger partial charge is 0.337 e. The minimum Gasteiger partial charge on any atom is -0.337 e. The number of carbonyl (C=O) groups is 2. The number of nitrogens with two attached hydrogens (primary N) is 1. The number of aryl methyl sites for hydroxylation is 2. The zero-order valence-corrected chi connectivity index (χ0v) is 15.4. The highest BCUT2D eigenvalue weighted by Crippen LogP contribution is 2.04. The molecule has 1 heterocycles. The van der Waals surface area contributed by atoms with Crippen LogP contribution >= 0.6 is 0 Å². The van der Waals surface area contributed by atoms with Crippen molar-refractivity contribution in [3.05, 3.63) is 90.0 Å². The average Bonchev–Trinajstić information content (AvgIpc) is 3.24. The van der Waals surface area contributed by atoms with E-state index < -0.39 is 0 Å². The van der Waals surface area contributed by atoms with Gasteiger partial charge in [0, 0.05) is 18.9 Å². The van der Waals surface area contributed by atoms with Gasteiger partial charge in [-0.3, -0.25) is 9.59 Å². The highest BCUT2D eigenvalue weighted by atomic mass is 19.1. The molecule has 2 N–H and O–H groups in total. The lowest BCUT2D eigenvalue weighted by atomic mass is 10.1. The van der Waals surface area contributed by atoms with Crippen molar-refractivity contribution in [2.24, 2.45) is 5.73 Å². The van der Waals surface area contributed by atoms with Gasteiger partial charge in [-0.1, -0.05) is 24.3 Å². The molecule has 0 atom stereocenters. The lowest BCUT2D eigenvalue weighted by Crippen LogP contribution is -2.02. The van der Waals surface area contributed by atoms with Gasteiger partial charge in [0.05, 0.1) is 6.33 Å².